The Hall–Kier alpha value is -0.860. The van der Waals surface area contributed by atoms with Crippen LogP contribution in [0.2, 0.25) is 0 Å². The first-order valence-electron chi connectivity index (χ1n) is 6.72. The molecular weight excluding hydrogens is 224 g/mol. The van der Waals surface area contributed by atoms with Crippen molar-refractivity contribution in [2.75, 3.05) is 0 Å². The summed E-state index contributed by atoms with van der Waals surface area (Å²) in [4.78, 5) is 4.58. The van der Waals surface area contributed by atoms with E-state index in [1.165, 1.54) is 16.7 Å². The Balaban J connectivity index is 3.23. The van der Waals surface area contributed by atoms with Gasteiger partial charge in [-0.15, -0.1) is 0 Å². The summed E-state index contributed by atoms with van der Waals surface area (Å²) >= 11 is 0. The standard InChI is InChI=1S/C16H26O2/c1-11(2)14-9-7-8-13(15(14)12(3)4)10-16(5,6)18-17/h7-9,11-12,17H,10H2,1-6H3. The van der Waals surface area contributed by atoms with E-state index in [-0.39, 0.29) is 0 Å². The summed E-state index contributed by atoms with van der Waals surface area (Å²) < 4.78 is 0. The molecule has 1 aromatic rings. The second-order valence-corrected chi connectivity index (χ2v) is 6.26. The monoisotopic (exact) mass is 250 g/mol. The van der Waals surface area contributed by atoms with Crippen molar-refractivity contribution in [3.05, 3.63) is 34.9 Å². The molecule has 0 amide bonds. The lowest BCUT2D eigenvalue weighted by Crippen LogP contribution is -2.26. The van der Waals surface area contributed by atoms with Crippen molar-refractivity contribution in [3.8, 4) is 0 Å². The molecule has 0 atom stereocenters. The Labute approximate surface area is 111 Å². The Bertz CT molecular complexity index is 392. The highest BCUT2D eigenvalue weighted by Gasteiger charge is 2.23. The van der Waals surface area contributed by atoms with Crippen LogP contribution >= 0.6 is 0 Å². The van der Waals surface area contributed by atoms with E-state index in [9.17, 15) is 0 Å². The Morgan fingerprint density at radius 2 is 1.72 bits per heavy atom. The quantitative estimate of drug-likeness (QED) is 0.604. The van der Waals surface area contributed by atoms with E-state index in [0.29, 0.717) is 11.8 Å². The largest absolute Gasteiger partial charge is 0.251 e. The van der Waals surface area contributed by atoms with Gasteiger partial charge in [0.2, 0.25) is 0 Å². The maximum Gasteiger partial charge on any atom is 0.102 e. The first-order valence-corrected chi connectivity index (χ1v) is 6.72. The number of hydrogen-bond acceptors (Lipinski definition) is 2. The molecule has 0 saturated heterocycles. The van der Waals surface area contributed by atoms with Crippen LogP contribution in [0, 0.1) is 0 Å². The van der Waals surface area contributed by atoms with Crippen molar-refractivity contribution in [2.45, 2.75) is 65.4 Å². The first-order chi connectivity index (χ1) is 8.28. The Morgan fingerprint density at radius 1 is 1.11 bits per heavy atom. The molecule has 1 rings (SSSR count). The fourth-order valence-corrected chi connectivity index (χ4v) is 2.49. The zero-order valence-electron chi connectivity index (χ0n) is 12.4. The van der Waals surface area contributed by atoms with Gasteiger partial charge in [0, 0.05) is 6.42 Å². The van der Waals surface area contributed by atoms with Crippen LogP contribution < -0.4 is 0 Å². The van der Waals surface area contributed by atoms with Crippen molar-refractivity contribution in [3.63, 3.8) is 0 Å². The molecule has 0 unspecified atom stereocenters. The van der Waals surface area contributed by atoms with Gasteiger partial charge in [0.15, 0.2) is 0 Å². The van der Waals surface area contributed by atoms with Gasteiger partial charge in [-0.1, -0.05) is 45.9 Å². The van der Waals surface area contributed by atoms with E-state index in [1.54, 1.807) is 0 Å². The fraction of sp³-hybridized carbons (Fsp3) is 0.625. The van der Waals surface area contributed by atoms with E-state index in [1.807, 2.05) is 13.8 Å². The van der Waals surface area contributed by atoms with Crippen LogP contribution in [-0.2, 0) is 11.3 Å². The second-order valence-electron chi connectivity index (χ2n) is 6.26. The van der Waals surface area contributed by atoms with E-state index in [0.717, 1.165) is 6.42 Å². The maximum atomic E-state index is 8.96. The predicted molar refractivity (Wildman–Crippen MR) is 76.1 cm³/mol. The SMILES string of the molecule is CC(C)c1cccc(CC(C)(C)OO)c1C(C)C. The zero-order chi connectivity index (χ0) is 13.9. The number of hydrogen-bond donors (Lipinski definition) is 1. The fourth-order valence-electron chi connectivity index (χ4n) is 2.49. The van der Waals surface area contributed by atoms with Crippen LogP contribution in [0.3, 0.4) is 0 Å². The third-order valence-corrected chi connectivity index (χ3v) is 3.29. The molecule has 0 aliphatic rings. The number of rotatable bonds is 5. The predicted octanol–water partition coefficient (Wildman–Crippen LogP) is 4.74. The van der Waals surface area contributed by atoms with Crippen LogP contribution in [0.4, 0.5) is 0 Å². The van der Waals surface area contributed by atoms with Crippen LogP contribution in [0.5, 0.6) is 0 Å². The van der Waals surface area contributed by atoms with E-state index in [4.69, 9.17) is 5.26 Å². The molecule has 102 valence electrons. The molecular formula is C16H26O2. The van der Waals surface area contributed by atoms with Gasteiger partial charge in [-0.2, -0.15) is 0 Å². The van der Waals surface area contributed by atoms with Crippen molar-refractivity contribution < 1.29 is 10.1 Å². The summed E-state index contributed by atoms with van der Waals surface area (Å²) in [5.74, 6) is 0.994. The highest BCUT2D eigenvalue weighted by molar-refractivity contribution is 5.40. The summed E-state index contributed by atoms with van der Waals surface area (Å²) in [5.41, 5.74) is 3.53. The lowest BCUT2D eigenvalue weighted by atomic mass is 9.83. The molecule has 0 heterocycles. The van der Waals surface area contributed by atoms with Gasteiger partial charge in [0.1, 0.15) is 5.60 Å². The second kappa shape index (κ2) is 5.85. The van der Waals surface area contributed by atoms with Crippen molar-refractivity contribution in [1.29, 1.82) is 0 Å². The molecule has 0 aliphatic heterocycles. The third-order valence-electron chi connectivity index (χ3n) is 3.29. The van der Waals surface area contributed by atoms with Gasteiger partial charge >= 0.3 is 0 Å². The third kappa shape index (κ3) is 3.56. The lowest BCUT2D eigenvalue weighted by molar-refractivity contribution is -0.312. The molecule has 0 saturated carbocycles. The van der Waals surface area contributed by atoms with Crippen molar-refractivity contribution >= 4 is 0 Å². The minimum atomic E-state index is -0.542. The summed E-state index contributed by atoms with van der Waals surface area (Å²) in [7, 11) is 0. The van der Waals surface area contributed by atoms with Crippen LogP contribution in [0.25, 0.3) is 0 Å². The molecule has 0 bridgehead atoms. The molecule has 0 fully saturated rings. The topological polar surface area (TPSA) is 29.5 Å². The van der Waals surface area contributed by atoms with Gasteiger partial charge in [-0.25, -0.2) is 4.89 Å². The zero-order valence-corrected chi connectivity index (χ0v) is 12.4. The molecule has 0 radical (unpaired) electrons. The van der Waals surface area contributed by atoms with E-state index in [2.05, 4.69) is 50.8 Å². The van der Waals surface area contributed by atoms with E-state index < -0.39 is 5.60 Å². The minimum absolute atomic E-state index is 0.480. The molecule has 2 heteroatoms. The highest BCUT2D eigenvalue weighted by Crippen LogP contribution is 2.31. The molecule has 0 aromatic heterocycles. The molecule has 2 nitrogen and oxygen atoms in total. The minimum Gasteiger partial charge on any atom is -0.251 e. The molecule has 1 N–H and O–H groups in total. The molecule has 18 heavy (non-hydrogen) atoms. The molecule has 0 spiro atoms. The Morgan fingerprint density at radius 3 is 2.17 bits per heavy atom. The van der Waals surface area contributed by atoms with Gasteiger partial charge in [-0.05, 0) is 42.4 Å². The average molecular weight is 250 g/mol. The Kier molecular flexibility index (Phi) is 4.94. The average Bonchev–Trinajstić information content (AvgIpc) is 2.27. The normalized spacial score (nSPS) is 12.5. The lowest BCUT2D eigenvalue weighted by Gasteiger charge is -2.25. The molecule has 1 aromatic carbocycles. The molecule has 0 aliphatic carbocycles. The van der Waals surface area contributed by atoms with Crippen molar-refractivity contribution in [2.24, 2.45) is 0 Å². The van der Waals surface area contributed by atoms with Crippen LogP contribution in [0.1, 0.15) is 70.1 Å². The van der Waals surface area contributed by atoms with E-state index >= 15 is 0 Å². The van der Waals surface area contributed by atoms with Crippen LogP contribution in [-0.4, -0.2) is 10.9 Å². The van der Waals surface area contributed by atoms with Crippen LogP contribution in [0.15, 0.2) is 18.2 Å². The first kappa shape index (κ1) is 15.2. The van der Waals surface area contributed by atoms with Crippen molar-refractivity contribution in [1.82, 2.24) is 0 Å². The van der Waals surface area contributed by atoms with Gasteiger partial charge in [0.05, 0.1) is 0 Å². The summed E-state index contributed by atoms with van der Waals surface area (Å²) in [6.45, 7) is 12.7. The smallest absolute Gasteiger partial charge is 0.102 e. The summed E-state index contributed by atoms with van der Waals surface area (Å²) in [6.07, 6.45) is 0.720. The summed E-state index contributed by atoms with van der Waals surface area (Å²) in [5, 5.41) is 8.96. The van der Waals surface area contributed by atoms with Gasteiger partial charge in [0.25, 0.3) is 0 Å². The highest BCUT2D eigenvalue weighted by atomic mass is 17.1. The summed E-state index contributed by atoms with van der Waals surface area (Å²) in [6, 6.07) is 6.45. The number of benzene rings is 1. The van der Waals surface area contributed by atoms with Gasteiger partial charge < -0.3 is 0 Å². The maximum absolute atomic E-state index is 8.96. The van der Waals surface area contributed by atoms with Gasteiger partial charge in [-0.3, -0.25) is 5.26 Å².